The number of aliphatic hydroxyl groups is 1. The molecule has 3 nitrogen and oxygen atoms in total. The smallest absolute Gasteiger partial charge is 0.146 e. The SMILES string of the molecule is NCC(NCCO)c1cccc(Cl)c1F. The molecule has 0 heterocycles. The molecule has 84 valence electrons. The second kappa shape index (κ2) is 6.02. The first-order chi connectivity index (χ1) is 7.20. The zero-order chi connectivity index (χ0) is 11.3. The maximum atomic E-state index is 13.6. The van der Waals surface area contributed by atoms with Gasteiger partial charge in [0.1, 0.15) is 5.82 Å². The zero-order valence-corrected chi connectivity index (χ0v) is 8.97. The molecule has 1 unspecified atom stereocenters. The van der Waals surface area contributed by atoms with Crippen LogP contribution in [0.2, 0.25) is 5.02 Å². The van der Waals surface area contributed by atoms with Crippen molar-refractivity contribution in [3.63, 3.8) is 0 Å². The van der Waals surface area contributed by atoms with Crippen molar-refractivity contribution in [2.75, 3.05) is 19.7 Å². The minimum Gasteiger partial charge on any atom is -0.395 e. The second-order valence-electron chi connectivity index (χ2n) is 3.11. The molecule has 0 saturated heterocycles. The first-order valence-corrected chi connectivity index (χ1v) is 5.06. The molecule has 0 saturated carbocycles. The summed E-state index contributed by atoms with van der Waals surface area (Å²) in [4.78, 5) is 0. The molecule has 15 heavy (non-hydrogen) atoms. The van der Waals surface area contributed by atoms with Crippen LogP contribution in [0.15, 0.2) is 18.2 Å². The summed E-state index contributed by atoms with van der Waals surface area (Å²) in [7, 11) is 0. The Hall–Kier alpha value is -0.680. The van der Waals surface area contributed by atoms with Gasteiger partial charge in [-0.1, -0.05) is 23.7 Å². The van der Waals surface area contributed by atoms with Crippen LogP contribution >= 0.6 is 11.6 Å². The molecule has 1 atom stereocenters. The van der Waals surface area contributed by atoms with E-state index in [1.165, 1.54) is 6.07 Å². The van der Waals surface area contributed by atoms with Crippen LogP contribution in [0.5, 0.6) is 0 Å². The van der Waals surface area contributed by atoms with Crippen molar-refractivity contribution in [2.24, 2.45) is 5.73 Å². The van der Waals surface area contributed by atoms with Gasteiger partial charge >= 0.3 is 0 Å². The number of nitrogens with one attached hydrogen (secondary N) is 1. The molecule has 0 fully saturated rings. The van der Waals surface area contributed by atoms with Crippen LogP contribution < -0.4 is 11.1 Å². The van der Waals surface area contributed by atoms with Gasteiger partial charge in [0.15, 0.2) is 0 Å². The predicted molar refractivity (Wildman–Crippen MR) is 58.3 cm³/mol. The van der Waals surface area contributed by atoms with E-state index >= 15 is 0 Å². The standard InChI is InChI=1S/C10H14ClFN2O/c11-8-3-1-2-7(10(8)12)9(6-13)14-4-5-15/h1-3,9,14-15H,4-6,13H2. The third-order valence-electron chi connectivity index (χ3n) is 2.10. The third-order valence-corrected chi connectivity index (χ3v) is 2.39. The van der Waals surface area contributed by atoms with E-state index in [9.17, 15) is 4.39 Å². The average molecular weight is 233 g/mol. The summed E-state index contributed by atoms with van der Waals surface area (Å²) in [6.45, 7) is 0.601. The minimum absolute atomic E-state index is 0.0152. The molecule has 0 aliphatic rings. The van der Waals surface area contributed by atoms with E-state index in [0.29, 0.717) is 12.1 Å². The first kappa shape index (κ1) is 12.4. The highest BCUT2D eigenvalue weighted by atomic mass is 35.5. The topological polar surface area (TPSA) is 58.3 Å². The van der Waals surface area contributed by atoms with Gasteiger partial charge in [0, 0.05) is 24.7 Å². The highest BCUT2D eigenvalue weighted by molar-refractivity contribution is 6.30. The van der Waals surface area contributed by atoms with Crippen molar-refractivity contribution < 1.29 is 9.50 Å². The lowest BCUT2D eigenvalue weighted by Gasteiger charge is -2.17. The molecule has 5 heteroatoms. The summed E-state index contributed by atoms with van der Waals surface area (Å²) in [5.74, 6) is -0.458. The monoisotopic (exact) mass is 232 g/mol. The fourth-order valence-corrected chi connectivity index (χ4v) is 1.53. The second-order valence-corrected chi connectivity index (χ2v) is 3.52. The number of rotatable bonds is 5. The van der Waals surface area contributed by atoms with Crippen LogP contribution in [0.25, 0.3) is 0 Å². The van der Waals surface area contributed by atoms with Crippen LogP contribution in [0.3, 0.4) is 0 Å². The van der Waals surface area contributed by atoms with Crippen molar-refractivity contribution >= 4 is 11.6 Å². The number of benzene rings is 1. The Labute approximate surface area is 93.0 Å². The fraction of sp³-hybridized carbons (Fsp3) is 0.400. The van der Waals surface area contributed by atoms with Crippen molar-refractivity contribution in [1.82, 2.24) is 5.32 Å². The molecule has 1 aromatic rings. The Bertz CT molecular complexity index is 322. The Kier molecular flexibility index (Phi) is 4.98. The van der Waals surface area contributed by atoms with Gasteiger partial charge < -0.3 is 16.2 Å². The van der Waals surface area contributed by atoms with Crippen molar-refractivity contribution in [2.45, 2.75) is 6.04 Å². The lowest BCUT2D eigenvalue weighted by molar-refractivity contribution is 0.284. The minimum atomic E-state index is -0.458. The highest BCUT2D eigenvalue weighted by Gasteiger charge is 2.15. The van der Waals surface area contributed by atoms with E-state index in [-0.39, 0.29) is 24.2 Å². The summed E-state index contributed by atoms with van der Waals surface area (Å²) < 4.78 is 13.6. The Morgan fingerprint density at radius 3 is 2.87 bits per heavy atom. The van der Waals surface area contributed by atoms with Crippen molar-refractivity contribution in [3.05, 3.63) is 34.6 Å². The Morgan fingerprint density at radius 2 is 2.27 bits per heavy atom. The van der Waals surface area contributed by atoms with E-state index in [1.54, 1.807) is 12.1 Å². The molecule has 1 rings (SSSR count). The number of hydrogen-bond donors (Lipinski definition) is 3. The van der Waals surface area contributed by atoms with Crippen LogP contribution in [0.4, 0.5) is 4.39 Å². The first-order valence-electron chi connectivity index (χ1n) is 4.69. The molecular formula is C10H14ClFN2O. The normalized spacial score (nSPS) is 12.8. The number of halogens is 2. The van der Waals surface area contributed by atoms with Crippen LogP contribution in [-0.2, 0) is 0 Å². The Morgan fingerprint density at radius 1 is 1.53 bits per heavy atom. The van der Waals surface area contributed by atoms with Crippen LogP contribution in [0.1, 0.15) is 11.6 Å². The summed E-state index contributed by atoms with van der Waals surface area (Å²) in [6.07, 6.45) is 0. The van der Waals surface area contributed by atoms with Crippen molar-refractivity contribution in [1.29, 1.82) is 0 Å². The van der Waals surface area contributed by atoms with Gasteiger partial charge in [-0.05, 0) is 6.07 Å². The van der Waals surface area contributed by atoms with Gasteiger partial charge in [-0.25, -0.2) is 4.39 Å². The highest BCUT2D eigenvalue weighted by Crippen LogP contribution is 2.22. The molecule has 0 aromatic heterocycles. The van der Waals surface area contributed by atoms with E-state index in [0.717, 1.165) is 0 Å². The number of hydrogen-bond acceptors (Lipinski definition) is 3. The summed E-state index contributed by atoms with van der Waals surface area (Å²) in [6, 6.07) is 4.46. The molecule has 0 radical (unpaired) electrons. The van der Waals surface area contributed by atoms with Crippen LogP contribution in [-0.4, -0.2) is 24.8 Å². The number of aliphatic hydroxyl groups excluding tert-OH is 1. The molecule has 1 aromatic carbocycles. The quantitative estimate of drug-likeness (QED) is 0.712. The summed E-state index contributed by atoms with van der Waals surface area (Å²) in [5.41, 5.74) is 5.94. The fourth-order valence-electron chi connectivity index (χ4n) is 1.35. The van der Waals surface area contributed by atoms with Gasteiger partial charge in [0.05, 0.1) is 11.6 Å². The van der Waals surface area contributed by atoms with Gasteiger partial charge in [0.2, 0.25) is 0 Å². The maximum absolute atomic E-state index is 13.6. The third kappa shape index (κ3) is 3.14. The largest absolute Gasteiger partial charge is 0.395 e. The van der Waals surface area contributed by atoms with Gasteiger partial charge in [-0.3, -0.25) is 0 Å². The molecule has 0 bridgehead atoms. The zero-order valence-electron chi connectivity index (χ0n) is 8.21. The van der Waals surface area contributed by atoms with Gasteiger partial charge in [-0.15, -0.1) is 0 Å². The molecular weight excluding hydrogens is 219 g/mol. The summed E-state index contributed by atoms with van der Waals surface area (Å²) in [5, 5.41) is 11.7. The van der Waals surface area contributed by atoms with Gasteiger partial charge in [0.25, 0.3) is 0 Å². The number of nitrogens with two attached hydrogens (primary N) is 1. The van der Waals surface area contributed by atoms with E-state index in [2.05, 4.69) is 5.32 Å². The molecule has 0 spiro atoms. The molecule has 4 N–H and O–H groups in total. The summed E-state index contributed by atoms with van der Waals surface area (Å²) >= 11 is 5.66. The predicted octanol–water partition coefficient (Wildman–Crippen LogP) is 1.06. The van der Waals surface area contributed by atoms with E-state index in [1.807, 2.05) is 0 Å². The lowest BCUT2D eigenvalue weighted by atomic mass is 10.1. The van der Waals surface area contributed by atoms with E-state index < -0.39 is 5.82 Å². The Balaban J connectivity index is 2.86. The molecule has 0 aliphatic carbocycles. The average Bonchev–Trinajstić information content (AvgIpc) is 2.25. The van der Waals surface area contributed by atoms with E-state index in [4.69, 9.17) is 22.4 Å². The maximum Gasteiger partial charge on any atom is 0.146 e. The lowest BCUT2D eigenvalue weighted by Crippen LogP contribution is -2.31. The van der Waals surface area contributed by atoms with Gasteiger partial charge in [-0.2, -0.15) is 0 Å². The van der Waals surface area contributed by atoms with Crippen LogP contribution in [0, 0.1) is 5.82 Å². The molecule has 0 amide bonds. The molecule has 0 aliphatic heterocycles. The van der Waals surface area contributed by atoms with Crippen molar-refractivity contribution in [3.8, 4) is 0 Å².